The molecule has 5 nitrogen and oxygen atoms in total. The van der Waals surface area contributed by atoms with Gasteiger partial charge in [0, 0.05) is 16.7 Å². The molecule has 0 unspecified atom stereocenters. The second-order valence-corrected chi connectivity index (χ2v) is 7.03. The molecule has 0 radical (unpaired) electrons. The summed E-state index contributed by atoms with van der Waals surface area (Å²) in [5, 5.41) is 0.561. The van der Waals surface area contributed by atoms with Crippen molar-refractivity contribution < 1.29 is 23.8 Å². The molecule has 150 valence electrons. The van der Waals surface area contributed by atoms with Gasteiger partial charge in [0.1, 0.15) is 17.2 Å². The molecule has 3 aromatic carbocycles. The van der Waals surface area contributed by atoms with Gasteiger partial charge in [-0.25, -0.2) is 0 Å². The molecule has 0 aliphatic carbocycles. The lowest BCUT2D eigenvalue weighted by Crippen LogP contribution is -2.11. The van der Waals surface area contributed by atoms with Crippen molar-refractivity contribution in [2.45, 2.75) is 0 Å². The van der Waals surface area contributed by atoms with Gasteiger partial charge in [-0.3, -0.25) is 9.59 Å². The van der Waals surface area contributed by atoms with E-state index in [1.54, 1.807) is 55.7 Å². The number of hydrogen-bond acceptors (Lipinski definition) is 5. The van der Waals surface area contributed by atoms with E-state index in [-0.39, 0.29) is 23.9 Å². The molecule has 30 heavy (non-hydrogen) atoms. The lowest BCUT2D eigenvalue weighted by atomic mass is 10.1. The molecule has 0 amide bonds. The van der Waals surface area contributed by atoms with Crippen LogP contribution in [-0.2, 0) is 0 Å². The Morgan fingerprint density at radius 2 is 1.83 bits per heavy atom. The third kappa shape index (κ3) is 4.21. The van der Waals surface area contributed by atoms with Crippen LogP contribution in [0.4, 0.5) is 0 Å². The standard InChI is InChI=1S/C24H17ClO5/c1-28-18-4-2-3-15(11-18)12-23-24(27)20-10-9-19(13-22(20)30-23)29-14-21(26)16-5-7-17(25)8-6-16/h2-13H,14H2,1H3. The number of carbonyl (C=O) groups excluding carboxylic acids is 2. The van der Waals surface area contributed by atoms with Gasteiger partial charge in [-0.15, -0.1) is 0 Å². The Hall–Kier alpha value is -3.57. The van der Waals surface area contributed by atoms with Gasteiger partial charge in [-0.05, 0) is 60.2 Å². The maximum absolute atomic E-state index is 12.6. The Morgan fingerprint density at radius 3 is 2.60 bits per heavy atom. The number of halogens is 1. The summed E-state index contributed by atoms with van der Waals surface area (Å²) in [6, 6.07) is 18.8. The summed E-state index contributed by atoms with van der Waals surface area (Å²) < 4.78 is 16.5. The zero-order valence-corrected chi connectivity index (χ0v) is 16.8. The molecule has 6 heteroatoms. The van der Waals surface area contributed by atoms with Gasteiger partial charge in [-0.1, -0.05) is 23.7 Å². The molecule has 1 aliphatic rings. The van der Waals surface area contributed by atoms with E-state index < -0.39 is 0 Å². The van der Waals surface area contributed by atoms with Crippen molar-refractivity contribution in [3.8, 4) is 17.2 Å². The monoisotopic (exact) mass is 420 g/mol. The van der Waals surface area contributed by atoms with Gasteiger partial charge >= 0.3 is 0 Å². The average molecular weight is 421 g/mol. The van der Waals surface area contributed by atoms with Gasteiger partial charge in [0.15, 0.2) is 18.1 Å². The fourth-order valence-corrected chi connectivity index (χ4v) is 3.13. The summed E-state index contributed by atoms with van der Waals surface area (Å²) in [7, 11) is 1.58. The number of fused-ring (bicyclic) bond motifs is 1. The second-order valence-electron chi connectivity index (χ2n) is 6.59. The minimum atomic E-state index is -0.211. The predicted octanol–water partition coefficient (Wildman–Crippen LogP) is 5.23. The Morgan fingerprint density at radius 1 is 1.03 bits per heavy atom. The van der Waals surface area contributed by atoms with Gasteiger partial charge < -0.3 is 14.2 Å². The van der Waals surface area contributed by atoms with Gasteiger partial charge in [0.2, 0.25) is 5.78 Å². The molecule has 0 aromatic heterocycles. The largest absolute Gasteiger partial charge is 0.497 e. The van der Waals surface area contributed by atoms with Crippen molar-refractivity contribution in [2.24, 2.45) is 0 Å². The molecule has 0 N–H and O–H groups in total. The molecule has 0 saturated heterocycles. The van der Waals surface area contributed by atoms with E-state index in [1.165, 1.54) is 0 Å². The van der Waals surface area contributed by atoms with Crippen molar-refractivity contribution in [1.82, 2.24) is 0 Å². The number of rotatable bonds is 6. The number of methoxy groups -OCH3 is 1. The van der Waals surface area contributed by atoms with E-state index in [9.17, 15) is 9.59 Å². The van der Waals surface area contributed by atoms with Crippen LogP contribution in [0.3, 0.4) is 0 Å². The highest BCUT2D eigenvalue weighted by atomic mass is 35.5. The molecule has 1 heterocycles. The first-order chi connectivity index (χ1) is 14.5. The highest BCUT2D eigenvalue weighted by Gasteiger charge is 2.27. The van der Waals surface area contributed by atoms with Crippen LogP contribution in [0, 0.1) is 0 Å². The second kappa shape index (κ2) is 8.43. The molecule has 0 bridgehead atoms. The lowest BCUT2D eigenvalue weighted by molar-refractivity contribution is 0.0921. The first-order valence-corrected chi connectivity index (χ1v) is 9.55. The fraction of sp³-hybridized carbons (Fsp3) is 0.0833. The molecular weight excluding hydrogens is 404 g/mol. The SMILES string of the molecule is COc1cccc(C=C2Oc3cc(OCC(=O)c4ccc(Cl)cc4)ccc3C2=O)c1. The van der Waals surface area contributed by atoms with Gasteiger partial charge in [-0.2, -0.15) is 0 Å². The van der Waals surface area contributed by atoms with E-state index in [1.807, 2.05) is 24.3 Å². The third-order valence-electron chi connectivity index (χ3n) is 4.57. The Kier molecular flexibility index (Phi) is 5.55. The molecule has 0 saturated carbocycles. The fourth-order valence-electron chi connectivity index (χ4n) is 3.01. The van der Waals surface area contributed by atoms with E-state index in [4.69, 9.17) is 25.8 Å². The molecule has 4 rings (SSSR count). The van der Waals surface area contributed by atoms with Crippen molar-refractivity contribution in [3.63, 3.8) is 0 Å². The molecule has 0 atom stereocenters. The van der Waals surface area contributed by atoms with Crippen molar-refractivity contribution in [3.05, 3.63) is 94.2 Å². The first kappa shape index (κ1) is 19.7. The van der Waals surface area contributed by atoms with E-state index in [2.05, 4.69) is 0 Å². The molecule has 0 spiro atoms. The molecular formula is C24H17ClO5. The quantitative estimate of drug-likeness (QED) is 0.404. The van der Waals surface area contributed by atoms with E-state index in [0.29, 0.717) is 33.4 Å². The number of hydrogen-bond donors (Lipinski definition) is 0. The number of allylic oxidation sites excluding steroid dienone is 1. The number of Topliss-reactive ketones (excluding diaryl/α,β-unsaturated/α-hetero) is 2. The number of benzene rings is 3. The maximum Gasteiger partial charge on any atom is 0.231 e. The summed E-state index contributed by atoms with van der Waals surface area (Å²) in [5.41, 5.74) is 1.74. The highest BCUT2D eigenvalue weighted by Crippen LogP contribution is 2.35. The third-order valence-corrected chi connectivity index (χ3v) is 4.82. The highest BCUT2D eigenvalue weighted by molar-refractivity contribution is 6.30. The van der Waals surface area contributed by atoms with Crippen LogP contribution in [-0.4, -0.2) is 25.3 Å². The summed E-state index contributed by atoms with van der Waals surface area (Å²) >= 11 is 5.84. The number of carbonyl (C=O) groups is 2. The maximum atomic E-state index is 12.6. The predicted molar refractivity (Wildman–Crippen MR) is 114 cm³/mol. The van der Waals surface area contributed by atoms with Crippen LogP contribution in [0.2, 0.25) is 5.02 Å². The van der Waals surface area contributed by atoms with Crippen LogP contribution in [0.15, 0.2) is 72.5 Å². The van der Waals surface area contributed by atoms with Gasteiger partial charge in [0.05, 0.1) is 12.7 Å². The molecule has 1 aliphatic heterocycles. The first-order valence-electron chi connectivity index (χ1n) is 9.17. The molecule has 3 aromatic rings. The topological polar surface area (TPSA) is 61.8 Å². The average Bonchev–Trinajstić information content (AvgIpc) is 3.07. The van der Waals surface area contributed by atoms with Crippen LogP contribution < -0.4 is 14.2 Å². The smallest absolute Gasteiger partial charge is 0.231 e. The van der Waals surface area contributed by atoms with Crippen LogP contribution in [0.25, 0.3) is 6.08 Å². The zero-order chi connectivity index (χ0) is 21.1. The van der Waals surface area contributed by atoms with Crippen LogP contribution in [0.1, 0.15) is 26.3 Å². The minimum absolute atomic E-state index is 0.138. The van der Waals surface area contributed by atoms with Crippen molar-refractivity contribution in [2.75, 3.05) is 13.7 Å². The van der Waals surface area contributed by atoms with Gasteiger partial charge in [0.25, 0.3) is 0 Å². The van der Waals surface area contributed by atoms with Crippen molar-refractivity contribution in [1.29, 1.82) is 0 Å². The Balaban J connectivity index is 1.47. The summed E-state index contributed by atoms with van der Waals surface area (Å²) in [4.78, 5) is 24.9. The summed E-state index contributed by atoms with van der Waals surface area (Å²) in [6.07, 6.45) is 1.66. The molecule has 0 fully saturated rings. The van der Waals surface area contributed by atoms with E-state index in [0.717, 1.165) is 5.56 Å². The van der Waals surface area contributed by atoms with Crippen molar-refractivity contribution >= 4 is 29.2 Å². The number of ether oxygens (including phenoxy) is 3. The Labute approximate surface area is 178 Å². The van der Waals surface area contributed by atoms with Crippen LogP contribution >= 0.6 is 11.6 Å². The van der Waals surface area contributed by atoms with Crippen LogP contribution in [0.5, 0.6) is 17.2 Å². The zero-order valence-electron chi connectivity index (χ0n) is 16.1. The summed E-state index contributed by atoms with van der Waals surface area (Å²) in [6.45, 7) is -0.138. The lowest BCUT2D eigenvalue weighted by Gasteiger charge is -2.07. The number of ketones is 2. The normalized spacial score (nSPS) is 13.7. The Bertz CT molecular complexity index is 1150. The minimum Gasteiger partial charge on any atom is -0.497 e. The summed E-state index contributed by atoms with van der Waals surface area (Å²) in [5.74, 6) is 1.34. The van der Waals surface area contributed by atoms with E-state index >= 15 is 0 Å².